The van der Waals surface area contributed by atoms with E-state index in [1.54, 1.807) is 13.0 Å². The highest BCUT2D eigenvalue weighted by Gasteiger charge is 2.14. The number of nitrogens with one attached hydrogen (secondary N) is 2. The SMILES string of the molecule is Cc1cc(NC(=O)c2cccc(O)c2O)n[nH]1. The van der Waals surface area contributed by atoms with Crippen molar-refractivity contribution in [2.45, 2.75) is 6.92 Å². The minimum Gasteiger partial charge on any atom is -0.504 e. The monoisotopic (exact) mass is 233 g/mol. The number of H-pyrrole nitrogens is 1. The fourth-order valence-electron chi connectivity index (χ4n) is 1.38. The summed E-state index contributed by atoms with van der Waals surface area (Å²) in [4.78, 5) is 11.8. The van der Waals surface area contributed by atoms with Crippen LogP contribution in [0.2, 0.25) is 0 Å². The molecule has 2 rings (SSSR count). The van der Waals surface area contributed by atoms with Gasteiger partial charge in [-0.25, -0.2) is 0 Å². The number of anilines is 1. The van der Waals surface area contributed by atoms with E-state index in [9.17, 15) is 15.0 Å². The van der Waals surface area contributed by atoms with Gasteiger partial charge in [0, 0.05) is 11.8 Å². The van der Waals surface area contributed by atoms with Crippen molar-refractivity contribution < 1.29 is 15.0 Å². The summed E-state index contributed by atoms with van der Waals surface area (Å²) < 4.78 is 0. The van der Waals surface area contributed by atoms with Crippen LogP contribution in [0.25, 0.3) is 0 Å². The number of aromatic hydroxyl groups is 2. The number of aromatic nitrogens is 2. The molecular weight excluding hydrogens is 222 g/mol. The number of benzene rings is 1. The zero-order valence-corrected chi connectivity index (χ0v) is 9.06. The van der Waals surface area contributed by atoms with Crippen molar-refractivity contribution in [3.05, 3.63) is 35.5 Å². The van der Waals surface area contributed by atoms with E-state index in [0.717, 1.165) is 5.69 Å². The molecule has 0 bridgehead atoms. The lowest BCUT2D eigenvalue weighted by atomic mass is 10.1. The summed E-state index contributed by atoms with van der Waals surface area (Å²) in [6, 6.07) is 5.83. The number of phenols is 2. The largest absolute Gasteiger partial charge is 0.504 e. The topological polar surface area (TPSA) is 98.2 Å². The van der Waals surface area contributed by atoms with E-state index in [1.807, 2.05) is 0 Å². The third-order valence-corrected chi connectivity index (χ3v) is 2.21. The average molecular weight is 233 g/mol. The Balaban J connectivity index is 2.23. The van der Waals surface area contributed by atoms with Gasteiger partial charge in [0.05, 0.1) is 5.56 Å². The van der Waals surface area contributed by atoms with Gasteiger partial charge in [-0.1, -0.05) is 6.07 Å². The van der Waals surface area contributed by atoms with E-state index in [1.165, 1.54) is 18.2 Å². The molecule has 1 aromatic heterocycles. The first-order valence-electron chi connectivity index (χ1n) is 4.92. The number of para-hydroxylation sites is 1. The molecule has 2 aromatic rings. The van der Waals surface area contributed by atoms with Crippen molar-refractivity contribution >= 4 is 11.7 Å². The van der Waals surface area contributed by atoms with E-state index >= 15 is 0 Å². The zero-order chi connectivity index (χ0) is 12.4. The quantitative estimate of drug-likeness (QED) is 0.589. The Morgan fingerprint density at radius 2 is 2.18 bits per heavy atom. The fraction of sp³-hybridized carbons (Fsp3) is 0.0909. The lowest BCUT2D eigenvalue weighted by molar-refractivity contribution is 0.102. The van der Waals surface area contributed by atoms with Gasteiger partial charge < -0.3 is 15.5 Å². The number of hydrogen-bond donors (Lipinski definition) is 4. The minimum atomic E-state index is -0.537. The number of carbonyl (C=O) groups is 1. The van der Waals surface area contributed by atoms with E-state index in [0.29, 0.717) is 5.82 Å². The number of phenolic OH excluding ortho intramolecular Hbond substituents is 2. The van der Waals surface area contributed by atoms with Crippen LogP contribution in [0.1, 0.15) is 16.1 Å². The Bertz CT molecular complexity index is 563. The summed E-state index contributed by atoms with van der Waals surface area (Å²) in [5.41, 5.74) is 0.797. The number of carbonyl (C=O) groups excluding carboxylic acids is 1. The van der Waals surface area contributed by atoms with Gasteiger partial charge >= 0.3 is 0 Å². The molecule has 1 heterocycles. The molecule has 88 valence electrons. The molecule has 0 atom stereocenters. The molecule has 17 heavy (non-hydrogen) atoms. The summed E-state index contributed by atoms with van der Waals surface area (Å²) in [5.74, 6) is -0.965. The molecule has 6 nitrogen and oxygen atoms in total. The van der Waals surface area contributed by atoms with Crippen molar-refractivity contribution in [1.82, 2.24) is 10.2 Å². The Morgan fingerprint density at radius 3 is 2.82 bits per heavy atom. The molecule has 0 unspecified atom stereocenters. The van der Waals surface area contributed by atoms with Crippen LogP contribution < -0.4 is 5.32 Å². The molecule has 1 aromatic carbocycles. The van der Waals surface area contributed by atoms with E-state index < -0.39 is 11.7 Å². The molecule has 1 amide bonds. The fourth-order valence-corrected chi connectivity index (χ4v) is 1.38. The first kappa shape index (κ1) is 11.0. The van der Waals surface area contributed by atoms with Crippen LogP contribution in [-0.4, -0.2) is 26.3 Å². The second kappa shape index (κ2) is 4.17. The van der Waals surface area contributed by atoms with Crippen molar-refractivity contribution in [2.24, 2.45) is 0 Å². The highest BCUT2D eigenvalue weighted by molar-refractivity contribution is 6.06. The number of hydrogen-bond acceptors (Lipinski definition) is 4. The van der Waals surface area contributed by atoms with Crippen LogP contribution in [0, 0.1) is 6.92 Å². The normalized spacial score (nSPS) is 10.2. The molecule has 0 aliphatic carbocycles. The maximum atomic E-state index is 11.8. The first-order chi connectivity index (χ1) is 8.08. The van der Waals surface area contributed by atoms with Crippen LogP contribution in [-0.2, 0) is 0 Å². The Hall–Kier alpha value is -2.50. The van der Waals surface area contributed by atoms with Crippen molar-refractivity contribution in [3.8, 4) is 11.5 Å². The average Bonchev–Trinajstić information content (AvgIpc) is 2.68. The third-order valence-electron chi connectivity index (χ3n) is 2.21. The maximum Gasteiger partial charge on any atom is 0.260 e. The third kappa shape index (κ3) is 2.20. The predicted octanol–water partition coefficient (Wildman–Crippen LogP) is 1.38. The van der Waals surface area contributed by atoms with Gasteiger partial charge in [0.2, 0.25) is 0 Å². The molecule has 6 heteroatoms. The van der Waals surface area contributed by atoms with Crippen molar-refractivity contribution in [2.75, 3.05) is 5.32 Å². The summed E-state index contributed by atoms with van der Waals surface area (Å²) in [5, 5.41) is 27.8. The molecule has 0 fully saturated rings. The van der Waals surface area contributed by atoms with Crippen LogP contribution >= 0.6 is 0 Å². The van der Waals surface area contributed by atoms with Gasteiger partial charge in [0.15, 0.2) is 17.3 Å². The Kier molecular flexibility index (Phi) is 2.70. The van der Waals surface area contributed by atoms with Gasteiger partial charge in [-0.05, 0) is 19.1 Å². The van der Waals surface area contributed by atoms with Gasteiger partial charge in [-0.3, -0.25) is 9.89 Å². The number of nitrogens with zero attached hydrogens (tertiary/aromatic N) is 1. The van der Waals surface area contributed by atoms with E-state index in [4.69, 9.17) is 0 Å². The molecule has 4 N–H and O–H groups in total. The summed E-state index contributed by atoms with van der Waals surface area (Å²) in [7, 11) is 0. The smallest absolute Gasteiger partial charge is 0.260 e. The van der Waals surface area contributed by atoms with Crippen molar-refractivity contribution in [3.63, 3.8) is 0 Å². The maximum absolute atomic E-state index is 11.8. The summed E-state index contributed by atoms with van der Waals surface area (Å²) >= 11 is 0. The summed E-state index contributed by atoms with van der Waals surface area (Å²) in [6.07, 6.45) is 0. The molecular formula is C11H11N3O3. The van der Waals surface area contributed by atoms with E-state index in [-0.39, 0.29) is 11.3 Å². The highest BCUT2D eigenvalue weighted by atomic mass is 16.3. The van der Waals surface area contributed by atoms with Crippen LogP contribution in [0.4, 0.5) is 5.82 Å². The number of aromatic amines is 1. The predicted molar refractivity (Wildman–Crippen MR) is 61.0 cm³/mol. The van der Waals surface area contributed by atoms with Gasteiger partial charge in [-0.15, -0.1) is 0 Å². The van der Waals surface area contributed by atoms with Crippen LogP contribution in [0.5, 0.6) is 11.5 Å². The minimum absolute atomic E-state index is 0.00865. The highest BCUT2D eigenvalue weighted by Crippen LogP contribution is 2.28. The molecule has 0 aliphatic rings. The second-order valence-electron chi connectivity index (χ2n) is 3.56. The van der Waals surface area contributed by atoms with Crippen LogP contribution in [0.15, 0.2) is 24.3 Å². The molecule has 0 saturated carbocycles. The second-order valence-corrected chi connectivity index (χ2v) is 3.56. The van der Waals surface area contributed by atoms with Gasteiger partial charge in [-0.2, -0.15) is 5.10 Å². The lowest BCUT2D eigenvalue weighted by Gasteiger charge is -2.05. The van der Waals surface area contributed by atoms with Gasteiger partial charge in [0.25, 0.3) is 5.91 Å². The van der Waals surface area contributed by atoms with Gasteiger partial charge in [0.1, 0.15) is 0 Å². The first-order valence-corrected chi connectivity index (χ1v) is 4.92. The number of amides is 1. The number of aryl methyl sites for hydroxylation is 1. The summed E-state index contributed by atoms with van der Waals surface area (Å²) in [6.45, 7) is 1.80. The van der Waals surface area contributed by atoms with Crippen molar-refractivity contribution in [1.29, 1.82) is 0 Å². The van der Waals surface area contributed by atoms with E-state index in [2.05, 4.69) is 15.5 Å². The molecule has 0 aliphatic heterocycles. The Morgan fingerprint density at radius 1 is 1.41 bits per heavy atom. The molecule has 0 radical (unpaired) electrons. The zero-order valence-electron chi connectivity index (χ0n) is 9.06. The Labute approximate surface area is 96.9 Å². The molecule has 0 saturated heterocycles. The molecule has 0 spiro atoms. The van der Waals surface area contributed by atoms with Crippen LogP contribution in [0.3, 0.4) is 0 Å². The standard InChI is InChI=1S/C11H11N3O3/c1-6-5-9(14-13-6)12-11(17)7-3-2-4-8(15)10(7)16/h2-5,15-16H,1H3,(H2,12,13,14,17). The number of rotatable bonds is 2. The lowest BCUT2D eigenvalue weighted by Crippen LogP contribution is -2.12.